The summed E-state index contributed by atoms with van der Waals surface area (Å²) in [6.45, 7) is 2.96. The second-order valence-electron chi connectivity index (χ2n) is 4.22. The Bertz CT molecular complexity index is 333. The molecule has 1 atom stereocenters. The van der Waals surface area contributed by atoms with Crippen LogP contribution in [-0.4, -0.2) is 30.3 Å². The van der Waals surface area contributed by atoms with Gasteiger partial charge in [-0.25, -0.2) is 4.39 Å². The monoisotopic (exact) mass is 226 g/mol. The number of benzene rings is 1. The van der Waals surface area contributed by atoms with E-state index in [1.165, 1.54) is 12.1 Å². The van der Waals surface area contributed by atoms with Crippen LogP contribution in [0.5, 0.6) is 0 Å². The first-order valence-electron chi connectivity index (χ1n) is 5.40. The van der Waals surface area contributed by atoms with E-state index in [1.807, 2.05) is 13.0 Å². The second kappa shape index (κ2) is 5.94. The highest BCUT2D eigenvalue weighted by molar-refractivity contribution is 5.19. The maximum absolute atomic E-state index is 13.0. The van der Waals surface area contributed by atoms with Gasteiger partial charge in [-0.15, -0.1) is 0 Å². The minimum atomic E-state index is -0.309. The number of aliphatic hydroxyl groups excluding tert-OH is 1. The second-order valence-corrected chi connectivity index (χ2v) is 4.22. The van der Waals surface area contributed by atoms with Gasteiger partial charge in [0.15, 0.2) is 0 Å². The molecular formula is C12H19FN2O. The van der Waals surface area contributed by atoms with Crippen LogP contribution in [0.25, 0.3) is 0 Å². The molecule has 16 heavy (non-hydrogen) atoms. The molecule has 0 saturated carbocycles. The van der Waals surface area contributed by atoms with Gasteiger partial charge >= 0.3 is 0 Å². The van der Waals surface area contributed by atoms with E-state index < -0.39 is 0 Å². The Kier molecular flexibility index (Phi) is 4.86. The highest BCUT2D eigenvalue weighted by atomic mass is 19.1. The predicted octanol–water partition coefficient (Wildman–Crippen LogP) is 0.667. The van der Waals surface area contributed by atoms with Crippen molar-refractivity contribution < 1.29 is 9.50 Å². The number of rotatable bonds is 6. The van der Waals surface area contributed by atoms with Gasteiger partial charge in [0.1, 0.15) is 5.82 Å². The molecule has 90 valence electrons. The zero-order valence-electron chi connectivity index (χ0n) is 9.54. The third-order valence-electron chi connectivity index (χ3n) is 2.60. The summed E-state index contributed by atoms with van der Waals surface area (Å²) in [5.41, 5.74) is 6.29. The van der Waals surface area contributed by atoms with Crippen LogP contribution in [0.1, 0.15) is 12.5 Å². The first-order valence-corrected chi connectivity index (χ1v) is 5.40. The lowest BCUT2D eigenvalue weighted by molar-refractivity contribution is 0.260. The minimum absolute atomic E-state index is 0.0682. The molecule has 0 spiro atoms. The Labute approximate surface area is 95.5 Å². The summed E-state index contributed by atoms with van der Waals surface area (Å²) in [6.07, 6.45) is 0.640. The maximum Gasteiger partial charge on any atom is 0.123 e. The van der Waals surface area contributed by atoms with Gasteiger partial charge in [0.2, 0.25) is 0 Å². The average molecular weight is 226 g/mol. The first-order chi connectivity index (χ1) is 7.59. The number of nitrogens with two attached hydrogens (primary N) is 1. The topological polar surface area (TPSA) is 58.3 Å². The Hall–Kier alpha value is -0.970. The van der Waals surface area contributed by atoms with E-state index in [2.05, 4.69) is 5.32 Å². The molecule has 1 rings (SSSR count). The van der Waals surface area contributed by atoms with Crippen molar-refractivity contribution in [3.63, 3.8) is 0 Å². The Morgan fingerprint density at radius 3 is 2.81 bits per heavy atom. The van der Waals surface area contributed by atoms with E-state index in [0.717, 1.165) is 5.56 Å². The summed E-state index contributed by atoms with van der Waals surface area (Å²) < 4.78 is 13.0. The summed E-state index contributed by atoms with van der Waals surface area (Å²) in [6, 6.07) is 6.49. The fourth-order valence-corrected chi connectivity index (χ4v) is 1.66. The molecule has 0 amide bonds. The highest BCUT2D eigenvalue weighted by Gasteiger charge is 2.21. The number of β-amino-alcohol motifs (C(OH)–C–C–N with tert-alkyl or cyclic N) is 1. The molecule has 4 N–H and O–H groups in total. The minimum Gasteiger partial charge on any atom is -0.395 e. The van der Waals surface area contributed by atoms with Gasteiger partial charge in [-0.3, -0.25) is 0 Å². The standard InChI is InChI=1S/C12H19FN2O/c1-12(9-14,15-5-6-16)8-10-3-2-4-11(13)7-10/h2-4,7,15-16H,5-6,8-9,14H2,1H3. The fraction of sp³-hybridized carbons (Fsp3) is 0.500. The first kappa shape index (κ1) is 13.1. The zero-order valence-corrected chi connectivity index (χ0v) is 9.54. The number of hydrogen-bond acceptors (Lipinski definition) is 3. The van der Waals surface area contributed by atoms with Crippen LogP contribution in [0.3, 0.4) is 0 Å². The Morgan fingerprint density at radius 1 is 1.50 bits per heavy atom. The number of aliphatic hydroxyl groups is 1. The molecule has 1 aromatic rings. The molecule has 1 aromatic carbocycles. The van der Waals surface area contributed by atoms with Gasteiger partial charge in [-0.05, 0) is 31.0 Å². The van der Waals surface area contributed by atoms with Crippen molar-refractivity contribution in [3.8, 4) is 0 Å². The smallest absolute Gasteiger partial charge is 0.123 e. The molecule has 1 unspecified atom stereocenters. The molecule has 0 aliphatic rings. The Morgan fingerprint density at radius 2 is 2.25 bits per heavy atom. The van der Waals surface area contributed by atoms with Gasteiger partial charge in [0.25, 0.3) is 0 Å². The van der Waals surface area contributed by atoms with Crippen molar-refractivity contribution in [3.05, 3.63) is 35.6 Å². The molecular weight excluding hydrogens is 207 g/mol. The average Bonchev–Trinajstić information content (AvgIpc) is 2.26. The molecule has 0 bridgehead atoms. The number of nitrogens with one attached hydrogen (secondary N) is 1. The summed E-state index contributed by atoms with van der Waals surface area (Å²) >= 11 is 0. The van der Waals surface area contributed by atoms with E-state index in [1.54, 1.807) is 6.07 Å². The third-order valence-corrected chi connectivity index (χ3v) is 2.60. The van der Waals surface area contributed by atoms with E-state index in [9.17, 15) is 4.39 Å². The summed E-state index contributed by atoms with van der Waals surface area (Å²) in [5.74, 6) is -0.237. The van der Waals surface area contributed by atoms with Crippen LogP contribution in [0.4, 0.5) is 4.39 Å². The normalized spacial score (nSPS) is 14.8. The lowest BCUT2D eigenvalue weighted by Crippen LogP contribution is -2.51. The SMILES string of the molecule is CC(CN)(Cc1cccc(F)c1)NCCO. The van der Waals surface area contributed by atoms with Crippen LogP contribution in [0.2, 0.25) is 0 Å². The molecule has 0 fully saturated rings. The molecule has 0 heterocycles. The molecule has 0 saturated heterocycles. The van der Waals surface area contributed by atoms with Gasteiger partial charge in [-0.1, -0.05) is 12.1 Å². The summed E-state index contributed by atoms with van der Waals surface area (Å²) in [7, 11) is 0. The van der Waals surface area contributed by atoms with Gasteiger partial charge in [0.05, 0.1) is 6.61 Å². The molecule has 0 aliphatic carbocycles. The lowest BCUT2D eigenvalue weighted by atomic mass is 9.93. The highest BCUT2D eigenvalue weighted by Crippen LogP contribution is 2.13. The van der Waals surface area contributed by atoms with Crippen molar-refractivity contribution >= 4 is 0 Å². The van der Waals surface area contributed by atoms with Gasteiger partial charge in [0, 0.05) is 18.6 Å². The van der Waals surface area contributed by atoms with Crippen molar-refractivity contribution in [2.45, 2.75) is 18.9 Å². The van der Waals surface area contributed by atoms with Gasteiger partial charge in [-0.2, -0.15) is 0 Å². The summed E-state index contributed by atoms with van der Waals surface area (Å²) in [4.78, 5) is 0. The van der Waals surface area contributed by atoms with E-state index in [-0.39, 0.29) is 18.0 Å². The molecule has 0 aliphatic heterocycles. The lowest BCUT2D eigenvalue weighted by Gasteiger charge is -2.29. The molecule has 4 heteroatoms. The summed E-state index contributed by atoms with van der Waals surface area (Å²) in [5, 5.41) is 11.9. The van der Waals surface area contributed by atoms with Crippen LogP contribution in [0.15, 0.2) is 24.3 Å². The predicted molar refractivity (Wildman–Crippen MR) is 62.7 cm³/mol. The number of halogens is 1. The molecule has 0 radical (unpaired) electrons. The third kappa shape index (κ3) is 3.89. The zero-order chi connectivity index (χ0) is 12.0. The van der Waals surface area contributed by atoms with Crippen LogP contribution in [0, 0.1) is 5.82 Å². The maximum atomic E-state index is 13.0. The van der Waals surface area contributed by atoms with Crippen LogP contribution in [-0.2, 0) is 6.42 Å². The largest absolute Gasteiger partial charge is 0.395 e. The van der Waals surface area contributed by atoms with E-state index in [4.69, 9.17) is 10.8 Å². The van der Waals surface area contributed by atoms with Crippen molar-refractivity contribution in [2.75, 3.05) is 19.7 Å². The fourth-order valence-electron chi connectivity index (χ4n) is 1.66. The molecule has 3 nitrogen and oxygen atoms in total. The van der Waals surface area contributed by atoms with Gasteiger partial charge < -0.3 is 16.2 Å². The van der Waals surface area contributed by atoms with Crippen molar-refractivity contribution in [2.24, 2.45) is 5.73 Å². The van der Waals surface area contributed by atoms with Crippen molar-refractivity contribution in [1.29, 1.82) is 0 Å². The Balaban J connectivity index is 2.68. The van der Waals surface area contributed by atoms with Crippen molar-refractivity contribution in [1.82, 2.24) is 5.32 Å². The number of hydrogen-bond donors (Lipinski definition) is 3. The quantitative estimate of drug-likeness (QED) is 0.668. The van der Waals surface area contributed by atoms with Crippen LogP contribution >= 0.6 is 0 Å². The van der Waals surface area contributed by atoms with Crippen LogP contribution < -0.4 is 11.1 Å². The van der Waals surface area contributed by atoms with E-state index >= 15 is 0 Å². The van der Waals surface area contributed by atoms with E-state index in [0.29, 0.717) is 19.5 Å². The molecule has 0 aromatic heterocycles.